The molecule has 0 spiro atoms. The molecule has 3 aliphatic rings. The summed E-state index contributed by atoms with van der Waals surface area (Å²) in [6, 6.07) is 5.83. The highest BCUT2D eigenvalue weighted by atomic mass is 19.4. The van der Waals surface area contributed by atoms with E-state index in [1.165, 1.54) is 23.5 Å². The van der Waals surface area contributed by atoms with Crippen LogP contribution in [0.4, 0.5) is 19.0 Å². The van der Waals surface area contributed by atoms with E-state index in [4.69, 9.17) is 4.74 Å². The lowest BCUT2D eigenvalue weighted by atomic mass is 9.88. The van der Waals surface area contributed by atoms with Crippen molar-refractivity contribution in [1.29, 1.82) is 0 Å². The third-order valence-corrected chi connectivity index (χ3v) is 8.57. The van der Waals surface area contributed by atoms with Gasteiger partial charge in [0.2, 0.25) is 5.91 Å². The molecule has 2 aliphatic heterocycles. The summed E-state index contributed by atoms with van der Waals surface area (Å²) in [5.74, 6) is 0.670. The monoisotopic (exact) mass is 554 g/mol. The van der Waals surface area contributed by atoms with Crippen LogP contribution < -0.4 is 10.6 Å². The fourth-order valence-corrected chi connectivity index (χ4v) is 6.52. The smallest absolute Gasteiger partial charge is 0.380 e. The van der Waals surface area contributed by atoms with Crippen molar-refractivity contribution < 1.29 is 22.7 Å². The van der Waals surface area contributed by atoms with E-state index < -0.39 is 11.7 Å². The van der Waals surface area contributed by atoms with E-state index in [1.54, 1.807) is 0 Å². The van der Waals surface area contributed by atoms with Crippen molar-refractivity contribution in [3.8, 4) is 0 Å². The Morgan fingerprint density at radius 3 is 2.83 bits per heavy atom. The van der Waals surface area contributed by atoms with Crippen molar-refractivity contribution in [3.05, 3.63) is 59.2 Å². The van der Waals surface area contributed by atoms with Crippen molar-refractivity contribution in [1.82, 2.24) is 25.2 Å². The Balaban J connectivity index is 1.14. The molecule has 2 N–H and O–H groups in total. The van der Waals surface area contributed by atoms with E-state index in [-0.39, 0.29) is 35.6 Å². The van der Waals surface area contributed by atoms with Gasteiger partial charge in [0.1, 0.15) is 12.1 Å². The van der Waals surface area contributed by atoms with Crippen LogP contribution in [-0.2, 0) is 22.1 Å². The van der Waals surface area contributed by atoms with Crippen molar-refractivity contribution in [2.75, 3.05) is 38.2 Å². The molecule has 4 atom stereocenters. The van der Waals surface area contributed by atoms with E-state index in [9.17, 15) is 18.0 Å². The molecule has 3 unspecified atom stereocenters. The highest BCUT2D eigenvalue weighted by molar-refractivity contribution is 5.91. The highest BCUT2D eigenvalue weighted by Gasteiger charge is 2.40. The molecule has 2 saturated heterocycles. The van der Waals surface area contributed by atoms with Gasteiger partial charge in [0.05, 0.1) is 24.2 Å². The number of aromatic nitrogens is 3. The number of likely N-dealkylation sites (tertiary alicyclic amines) is 1. The Bertz CT molecular complexity index is 1390. The van der Waals surface area contributed by atoms with Crippen LogP contribution in [-0.4, -0.2) is 70.7 Å². The van der Waals surface area contributed by atoms with Gasteiger partial charge in [0.25, 0.3) is 0 Å². The normalized spacial score (nSPS) is 24.9. The van der Waals surface area contributed by atoms with E-state index in [0.717, 1.165) is 63.2 Å². The molecular formula is C29H33F3N6O2. The van der Waals surface area contributed by atoms with Gasteiger partial charge in [0, 0.05) is 49.1 Å². The number of nitrogens with zero attached hydrogens (tertiary/aromatic N) is 4. The summed E-state index contributed by atoms with van der Waals surface area (Å²) in [5.41, 5.74) is 3.33. The van der Waals surface area contributed by atoms with Gasteiger partial charge < -0.3 is 15.4 Å². The zero-order valence-corrected chi connectivity index (χ0v) is 22.4. The number of hydrogen-bond donors (Lipinski definition) is 2. The number of carbonyl (C=O) groups excluding carboxylic acids is 1. The molecule has 1 amide bonds. The molecule has 2 aromatic heterocycles. The van der Waals surface area contributed by atoms with Crippen molar-refractivity contribution in [3.63, 3.8) is 0 Å². The van der Waals surface area contributed by atoms with Crippen molar-refractivity contribution in [2.45, 2.75) is 56.8 Å². The lowest BCUT2D eigenvalue weighted by Gasteiger charge is -2.23. The van der Waals surface area contributed by atoms with Crippen LogP contribution in [0.15, 0.2) is 36.8 Å². The maximum atomic E-state index is 13.3. The van der Waals surface area contributed by atoms with Crippen LogP contribution in [0.1, 0.15) is 47.6 Å². The molecule has 3 aromatic rings. The van der Waals surface area contributed by atoms with Gasteiger partial charge in [-0.15, -0.1) is 0 Å². The van der Waals surface area contributed by atoms with E-state index in [2.05, 4.69) is 36.6 Å². The zero-order chi connectivity index (χ0) is 27.9. The van der Waals surface area contributed by atoms with E-state index in [0.29, 0.717) is 24.1 Å². The first-order valence-electron chi connectivity index (χ1n) is 13.9. The number of halogens is 3. The summed E-state index contributed by atoms with van der Waals surface area (Å²) in [6.45, 7) is 5.04. The molecule has 40 heavy (non-hydrogen) atoms. The standard InChI is InChI=1S/C29H33F3N6O2/c1-17-8-18-2-3-19(24(18)11-33-17)9-20-13-38(22-6-7-40-15-22)14-26(20)37-27(39)12-34-28-23-10-21(29(30,31)32)4-5-25(23)35-16-36-28/h4-5,8,10-11,16,19-20,22,26H,2-3,6-7,9,12-15H2,1H3,(H,37,39)(H,34,35,36)/t19?,20-,22?,26?/m0/s1. The van der Waals surface area contributed by atoms with Crippen LogP contribution >= 0.6 is 0 Å². The third-order valence-electron chi connectivity index (χ3n) is 8.57. The predicted octanol–water partition coefficient (Wildman–Crippen LogP) is 4.09. The average molecular weight is 555 g/mol. The minimum atomic E-state index is -4.49. The number of aryl methyl sites for hydroxylation is 2. The van der Waals surface area contributed by atoms with Crippen molar-refractivity contribution in [2.24, 2.45) is 5.92 Å². The second-order valence-corrected chi connectivity index (χ2v) is 11.2. The second-order valence-electron chi connectivity index (χ2n) is 11.2. The first-order chi connectivity index (χ1) is 19.2. The molecular weight excluding hydrogens is 521 g/mol. The van der Waals surface area contributed by atoms with Crippen LogP contribution in [0.25, 0.3) is 10.9 Å². The number of benzene rings is 1. The van der Waals surface area contributed by atoms with Crippen LogP contribution in [0.2, 0.25) is 0 Å². The van der Waals surface area contributed by atoms with E-state index in [1.807, 2.05) is 13.1 Å². The Hall–Kier alpha value is -3.31. The number of alkyl halides is 3. The summed E-state index contributed by atoms with van der Waals surface area (Å²) in [4.78, 5) is 28.3. The predicted molar refractivity (Wildman–Crippen MR) is 144 cm³/mol. The SMILES string of the molecule is Cc1cc2c(cn1)C(C[C@H]1CN(C3CCOC3)CC1NC(=O)CNc1ncnc3ccc(C(F)(F)F)cc13)CC2. The molecule has 0 radical (unpaired) electrons. The number of amides is 1. The first kappa shape index (κ1) is 26.9. The van der Waals surface area contributed by atoms with Crippen LogP contribution in [0.5, 0.6) is 0 Å². The zero-order valence-electron chi connectivity index (χ0n) is 22.4. The maximum absolute atomic E-state index is 13.3. The molecule has 1 aliphatic carbocycles. The first-order valence-corrected chi connectivity index (χ1v) is 13.9. The van der Waals surface area contributed by atoms with Crippen LogP contribution in [0, 0.1) is 12.8 Å². The van der Waals surface area contributed by atoms with Gasteiger partial charge in [-0.05, 0) is 79.8 Å². The van der Waals surface area contributed by atoms with Crippen LogP contribution in [0.3, 0.4) is 0 Å². The molecule has 0 saturated carbocycles. The number of anilines is 1. The third kappa shape index (κ3) is 5.62. The molecule has 212 valence electrons. The summed E-state index contributed by atoms with van der Waals surface area (Å²) in [6.07, 6.45) is 2.92. The lowest BCUT2D eigenvalue weighted by Crippen LogP contribution is -2.44. The average Bonchev–Trinajstić information content (AvgIpc) is 3.68. The fraction of sp³-hybridized carbons (Fsp3) is 0.517. The number of rotatable bonds is 7. The molecule has 0 bridgehead atoms. The number of nitrogens with one attached hydrogen (secondary N) is 2. The van der Waals surface area contributed by atoms with Gasteiger partial charge >= 0.3 is 6.18 Å². The van der Waals surface area contributed by atoms with Gasteiger partial charge in [-0.25, -0.2) is 9.97 Å². The topological polar surface area (TPSA) is 92.3 Å². The Kier molecular flexibility index (Phi) is 7.35. The largest absolute Gasteiger partial charge is 0.416 e. The molecule has 8 nitrogen and oxygen atoms in total. The second kappa shape index (κ2) is 10.9. The molecule has 4 heterocycles. The molecule has 2 fully saturated rings. The molecule has 11 heteroatoms. The summed E-state index contributed by atoms with van der Waals surface area (Å²) in [7, 11) is 0. The molecule has 1 aromatic carbocycles. The number of ether oxygens (including phenoxy) is 1. The minimum absolute atomic E-state index is 0.0312. The fourth-order valence-electron chi connectivity index (χ4n) is 6.52. The van der Waals surface area contributed by atoms with E-state index >= 15 is 0 Å². The minimum Gasteiger partial charge on any atom is -0.380 e. The quantitative estimate of drug-likeness (QED) is 0.455. The summed E-state index contributed by atoms with van der Waals surface area (Å²) < 4.78 is 45.5. The molecule has 6 rings (SSSR count). The summed E-state index contributed by atoms with van der Waals surface area (Å²) in [5, 5.41) is 6.38. The van der Waals surface area contributed by atoms with Gasteiger partial charge in [-0.3, -0.25) is 14.7 Å². The number of pyridine rings is 1. The summed E-state index contributed by atoms with van der Waals surface area (Å²) >= 11 is 0. The Morgan fingerprint density at radius 1 is 1.15 bits per heavy atom. The lowest BCUT2D eigenvalue weighted by molar-refractivity contribution is -0.137. The van der Waals surface area contributed by atoms with Gasteiger partial charge in [0.15, 0.2) is 0 Å². The number of fused-ring (bicyclic) bond motifs is 2. The Morgan fingerprint density at radius 2 is 2.02 bits per heavy atom. The number of carbonyl (C=O) groups is 1. The highest BCUT2D eigenvalue weighted by Crippen LogP contribution is 2.40. The Labute approximate surface area is 230 Å². The maximum Gasteiger partial charge on any atom is 0.416 e. The van der Waals surface area contributed by atoms with Gasteiger partial charge in [-0.1, -0.05) is 0 Å². The van der Waals surface area contributed by atoms with Crippen molar-refractivity contribution >= 4 is 22.6 Å². The van der Waals surface area contributed by atoms with Gasteiger partial charge in [-0.2, -0.15) is 13.2 Å². The number of hydrogen-bond acceptors (Lipinski definition) is 7.